The van der Waals surface area contributed by atoms with Crippen molar-refractivity contribution in [3.05, 3.63) is 12.7 Å². The van der Waals surface area contributed by atoms with Gasteiger partial charge in [0.05, 0.1) is 18.8 Å². The number of imidazole rings is 1. The third-order valence-corrected chi connectivity index (χ3v) is 6.27. The number of hydrazine groups is 1. The first-order chi connectivity index (χ1) is 15.5. The van der Waals surface area contributed by atoms with Gasteiger partial charge in [0.15, 0.2) is 11.5 Å². The maximum Gasteiger partial charge on any atom is 0.250 e. The van der Waals surface area contributed by atoms with Crippen LogP contribution >= 0.6 is 0 Å². The lowest BCUT2D eigenvalue weighted by Crippen LogP contribution is -2.51. The lowest BCUT2D eigenvalue weighted by molar-refractivity contribution is -0.159. The molecule has 3 amide bonds. The summed E-state index contributed by atoms with van der Waals surface area (Å²) in [6.07, 6.45) is 8.51. The highest BCUT2D eigenvalue weighted by molar-refractivity contribution is 6.01. The Hall–Kier alpha value is -3.12. The van der Waals surface area contributed by atoms with Gasteiger partial charge in [-0.1, -0.05) is 25.7 Å². The highest BCUT2D eigenvalue weighted by Gasteiger charge is 2.39. The van der Waals surface area contributed by atoms with Crippen LogP contribution in [-0.4, -0.2) is 72.2 Å². The largest absolute Gasteiger partial charge is 0.329 e. The monoisotopic (exact) mass is 444 g/mol. The minimum atomic E-state index is -0.741. The van der Waals surface area contributed by atoms with Gasteiger partial charge in [0.2, 0.25) is 18.2 Å². The maximum atomic E-state index is 13.4. The molecule has 2 atom stereocenters. The molecule has 3 heterocycles. The van der Waals surface area contributed by atoms with Gasteiger partial charge in [0, 0.05) is 13.6 Å². The maximum absolute atomic E-state index is 13.4. The lowest BCUT2D eigenvalue weighted by atomic mass is 9.92. The molecule has 0 bridgehead atoms. The van der Waals surface area contributed by atoms with Crippen LogP contribution in [0.15, 0.2) is 12.7 Å². The summed E-state index contributed by atoms with van der Waals surface area (Å²) in [4.78, 5) is 49.9. The first kappa shape index (κ1) is 22.1. The molecule has 2 fully saturated rings. The summed E-state index contributed by atoms with van der Waals surface area (Å²) in [5.74, 6) is -0.580. The molecular formula is C20H28N8O4. The van der Waals surface area contributed by atoms with Crippen molar-refractivity contribution in [1.29, 1.82) is 0 Å². The SMILES string of the molecule is Cn1cnc2ncnc(NC(=O)C3CCNN3C(=O)C(CC3CCCC3)CN(O)C=O)c21. The molecule has 2 aromatic rings. The molecule has 0 spiro atoms. The fourth-order valence-corrected chi connectivity index (χ4v) is 4.69. The average molecular weight is 444 g/mol. The molecular weight excluding hydrogens is 416 g/mol. The van der Waals surface area contributed by atoms with Crippen LogP contribution in [0.4, 0.5) is 5.82 Å². The van der Waals surface area contributed by atoms with Crippen LogP contribution in [0, 0.1) is 11.8 Å². The van der Waals surface area contributed by atoms with Crippen LogP contribution < -0.4 is 10.7 Å². The van der Waals surface area contributed by atoms with E-state index >= 15 is 0 Å². The van der Waals surface area contributed by atoms with Gasteiger partial charge in [-0.3, -0.25) is 24.6 Å². The topological polar surface area (TPSA) is 146 Å². The van der Waals surface area contributed by atoms with E-state index in [0.29, 0.717) is 53.8 Å². The van der Waals surface area contributed by atoms with Crippen molar-refractivity contribution in [1.82, 2.24) is 35.0 Å². The highest BCUT2D eigenvalue weighted by atomic mass is 16.5. The van der Waals surface area contributed by atoms with E-state index in [4.69, 9.17) is 0 Å². The number of fused-ring (bicyclic) bond motifs is 1. The summed E-state index contributed by atoms with van der Waals surface area (Å²) in [5.41, 5.74) is 4.05. The van der Waals surface area contributed by atoms with Gasteiger partial charge < -0.3 is 9.88 Å². The number of hydroxylamine groups is 2. The number of hydrogen-bond acceptors (Lipinski definition) is 8. The minimum Gasteiger partial charge on any atom is -0.329 e. The number of carbonyl (C=O) groups excluding carboxylic acids is 3. The Balaban J connectivity index is 1.50. The zero-order chi connectivity index (χ0) is 22.7. The minimum absolute atomic E-state index is 0.104. The van der Waals surface area contributed by atoms with E-state index in [-0.39, 0.29) is 18.4 Å². The molecule has 12 heteroatoms. The molecule has 172 valence electrons. The molecule has 3 N–H and O–H groups in total. The summed E-state index contributed by atoms with van der Waals surface area (Å²) in [6, 6.07) is -0.741. The summed E-state index contributed by atoms with van der Waals surface area (Å²) < 4.78 is 1.72. The van der Waals surface area contributed by atoms with Crippen LogP contribution in [0.25, 0.3) is 11.2 Å². The molecule has 4 rings (SSSR count). The molecule has 1 aliphatic carbocycles. The zero-order valence-corrected chi connectivity index (χ0v) is 18.0. The number of carbonyl (C=O) groups is 3. The van der Waals surface area contributed by atoms with Crippen molar-refractivity contribution in [2.75, 3.05) is 18.4 Å². The second-order valence-corrected chi connectivity index (χ2v) is 8.47. The molecule has 1 saturated heterocycles. The Labute approximate surface area is 184 Å². The number of nitrogens with one attached hydrogen (secondary N) is 2. The molecule has 2 aliphatic rings. The molecule has 0 aromatic carbocycles. The van der Waals surface area contributed by atoms with Crippen molar-refractivity contribution in [3.8, 4) is 0 Å². The van der Waals surface area contributed by atoms with Gasteiger partial charge in [-0.25, -0.2) is 25.4 Å². The number of nitrogens with zero attached hydrogens (tertiary/aromatic N) is 6. The normalized spacial score (nSPS) is 19.9. The van der Waals surface area contributed by atoms with Crippen molar-refractivity contribution < 1.29 is 19.6 Å². The lowest BCUT2D eigenvalue weighted by Gasteiger charge is -2.29. The predicted octanol–water partition coefficient (Wildman–Crippen LogP) is 0.451. The van der Waals surface area contributed by atoms with Crippen LogP contribution in [0.2, 0.25) is 0 Å². The Kier molecular flexibility index (Phi) is 6.61. The molecule has 1 saturated carbocycles. The number of anilines is 1. The molecule has 2 aromatic heterocycles. The Morgan fingerprint density at radius 1 is 1.31 bits per heavy atom. The van der Waals surface area contributed by atoms with Gasteiger partial charge >= 0.3 is 0 Å². The summed E-state index contributed by atoms with van der Waals surface area (Å²) in [5, 5.41) is 14.4. The Morgan fingerprint density at radius 2 is 2.09 bits per heavy atom. The molecule has 0 radical (unpaired) electrons. The van der Waals surface area contributed by atoms with Crippen LogP contribution in [0.3, 0.4) is 0 Å². The molecule has 12 nitrogen and oxygen atoms in total. The standard InChI is InChI=1S/C20H28N8O4/c1-26-11-23-17-16(26)18(22-10-21-17)25-19(30)15-6-7-24-28(15)20(31)14(9-27(32)12-29)8-13-4-2-3-5-13/h10-15,24,32H,2-9H2,1H3,(H,21,22,25,30). The smallest absolute Gasteiger partial charge is 0.250 e. The third kappa shape index (κ3) is 4.55. The number of aromatic nitrogens is 4. The third-order valence-electron chi connectivity index (χ3n) is 6.27. The predicted molar refractivity (Wildman–Crippen MR) is 113 cm³/mol. The van der Waals surface area contributed by atoms with Crippen molar-refractivity contribution in [2.45, 2.75) is 44.6 Å². The fraction of sp³-hybridized carbons (Fsp3) is 0.600. The first-order valence-electron chi connectivity index (χ1n) is 10.9. The van der Waals surface area contributed by atoms with Gasteiger partial charge in [0.25, 0.3) is 0 Å². The fourth-order valence-electron chi connectivity index (χ4n) is 4.69. The Morgan fingerprint density at radius 3 is 2.84 bits per heavy atom. The van der Waals surface area contributed by atoms with Gasteiger partial charge in [-0.05, 0) is 18.8 Å². The van der Waals surface area contributed by atoms with Crippen LogP contribution in [-0.2, 0) is 21.4 Å². The van der Waals surface area contributed by atoms with Gasteiger partial charge in [-0.15, -0.1) is 0 Å². The van der Waals surface area contributed by atoms with E-state index in [0.717, 1.165) is 25.7 Å². The zero-order valence-electron chi connectivity index (χ0n) is 18.0. The summed E-state index contributed by atoms with van der Waals surface area (Å²) in [6.45, 7) is 0.355. The van der Waals surface area contributed by atoms with Crippen molar-refractivity contribution >= 4 is 35.2 Å². The van der Waals surface area contributed by atoms with Crippen molar-refractivity contribution in [2.24, 2.45) is 18.9 Å². The Bertz CT molecular complexity index is 989. The van der Waals surface area contributed by atoms with Gasteiger partial charge in [-0.2, -0.15) is 0 Å². The van der Waals surface area contributed by atoms with Gasteiger partial charge in [0.1, 0.15) is 17.9 Å². The van der Waals surface area contributed by atoms with E-state index in [1.165, 1.54) is 11.3 Å². The second-order valence-electron chi connectivity index (χ2n) is 8.47. The van der Waals surface area contributed by atoms with E-state index in [2.05, 4.69) is 25.7 Å². The summed E-state index contributed by atoms with van der Waals surface area (Å²) >= 11 is 0. The van der Waals surface area contributed by atoms with Crippen LogP contribution in [0.5, 0.6) is 0 Å². The van der Waals surface area contributed by atoms with E-state index in [1.54, 1.807) is 17.9 Å². The number of aryl methyl sites for hydroxylation is 1. The summed E-state index contributed by atoms with van der Waals surface area (Å²) in [7, 11) is 1.78. The highest BCUT2D eigenvalue weighted by Crippen LogP contribution is 2.32. The second kappa shape index (κ2) is 9.57. The number of rotatable bonds is 8. The molecule has 32 heavy (non-hydrogen) atoms. The number of amides is 3. The van der Waals surface area contributed by atoms with Crippen molar-refractivity contribution in [3.63, 3.8) is 0 Å². The van der Waals surface area contributed by atoms with E-state index in [9.17, 15) is 19.6 Å². The van der Waals surface area contributed by atoms with E-state index in [1.807, 2.05) is 0 Å². The number of hydrogen-bond donors (Lipinski definition) is 3. The van der Waals surface area contributed by atoms with Crippen LogP contribution in [0.1, 0.15) is 38.5 Å². The van der Waals surface area contributed by atoms with E-state index < -0.39 is 12.0 Å². The quantitative estimate of drug-likeness (QED) is 0.302. The average Bonchev–Trinajstić information content (AvgIpc) is 3.54. The molecule has 2 unspecified atom stereocenters. The first-order valence-corrected chi connectivity index (χ1v) is 10.9. The molecule has 1 aliphatic heterocycles.